The third-order valence-electron chi connectivity index (χ3n) is 3.39. The number of nitriles is 1. The first kappa shape index (κ1) is 14.5. The van der Waals surface area contributed by atoms with E-state index in [2.05, 4.69) is 26.9 Å². The van der Waals surface area contributed by atoms with Crippen LogP contribution in [0.2, 0.25) is 0 Å². The van der Waals surface area contributed by atoms with Crippen molar-refractivity contribution in [3.63, 3.8) is 0 Å². The lowest BCUT2D eigenvalue weighted by Gasteiger charge is -2.36. The molecule has 0 N–H and O–H groups in total. The highest BCUT2D eigenvalue weighted by Gasteiger charge is 2.26. The molecular formula is C13H16BrN3OS. The Labute approximate surface area is 125 Å². The summed E-state index contributed by atoms with van der Waals surface area (Å²) in [5.74, 6) is 0.0894. The summed E-state index contributed by atoms with van der Waals surface area (Å²) in [6.07, 6.45) is 0.834. The summed E-state index contributed by atoms with van der Waals surface area (Å²) in [6, 6.07) is 4.20. The predicted octanol–water partition coefficient (Wildman–Crippen LogP) is 2.57. The molecule has 19 heavy (non-hydrogen) atoms. The van der Waals surface area contributed by atoms with Gasteiger partial charge in [0, 0.05) is 30.7 Å². The van der Waals surface area contributed by atoms with Gasteiger partial charge in [-0.05, 0) is 33.8 Å². The fourth-order valence-electron chi connectivity index (χ4n) is 2.26. The van der Waals surface area contributed by atoms with Crippen molar-refractivity contribution in [1.29, 1.82) is 5.26 Å². The molecule has 1 atom stereocenters. The fraction of sp³-hybridized carbons (Fsp3) is 0.538. The molecule has 2 heterocycles. The smallest absolute Gasteiger partial charge is 0.265 e. The largest absolute Gasteiger partial charge is 0.335 e. The van der Waals surface area contributed by atoms with Gasteiger partial charge in [-0.1, -0.05) is 6.92 Å². The van der Waals surface area contributed by atoms with Crippen LogP contribution in [0.5, 0.6) is 0 Å². The molecule has 1 unspecified atom stereocenters. The van der Waals surface area contributed by atoms with Crippen LogP contribution in [-0.2, 0) is 0 Å². The molecule has 1 fully saturated rings. The van der Waals surface area contributed by atoms with E-state index >= 15 is 0 Å². The van der Waals surface area contributed by atoms with Crippen LogP contribution in [0.15, 0.2) is 15.9 Å². The molecule has 1 aromatic rings. The summed E-state index contributed by atoms with van der Waals surface area (Å²) in [6.45, 7) is 4.97. The topological polar surface area (TPSA) is 47.3 Å². The van der Waals surface area contributed by atoms with Gasteiger partial charge in [-0.2, -0.15) is 5.26 Å². The van der Waals surface area contributed by atoms with E-state index < -0.39 is 0 Å². The molecule has 0 aromatic carbocycles. The third kappa shape index (κ3) is 3.16. The van der Waals surface area contributed by atoms with Crippen LogP contribution in [0.4, 0.5) is 0 Å². The average molecular weight is 342 g/mol. The average Bonchev–Trinajstić information content (AvgIpc) is 2.86. The third-order valence-corrected chi connectivity index (χ3v) is 5.22. The second-order valence-corrected chi connectivity index (χ2v) is 6.25. The number of rotatable bonds is 3. The van der Waals surface area contributed by atoms with Gasteiger partial charge >= 0.3 is 0 Å². The van der Waals surface area contributed by atoms with E-state index in [0.717, 1.165) is 28.9 Å². The molecule has 1 aliphatic heterocycles. The van der Waals surface area contributed by atoms with Crippen molar-refractivity contribution in [2.24, 2.45) is 0 Å². The summed E-state index contributed by atoms with van der Waals surface area (Å²) in [7, 11) is 0. The van der Waals surface area contributed by atoms with E-state index in [0.29, 0.717) is 13.1 Å². The number of piperazine rings is 1. The van der Waals surface area contributed by atoms with Crippen LogP contribution in [-0.4, -0.2) is 47.9 Å². The second kappa shape index (κ2) is 6.51. The highest BCUT2D eigenvalue weighted by atomic mass is 79.9. The van der Waals surface area contributed by atoms with Gasteiger partial charge in [0.25, 0.3) is 5.91 Å². The molecule has 1 amide bonds. The molecule has 0 spiro atoms. The van der Waals surface area contributed by atoms with Gasteiger partial charge in [-0.3, -0.25) is 9.69 Å². The van der Waals surface area contributed by atoms with Gasteiger partial charge < -0.3 is 4.90 Å². The van der Waals surface area contributed by atoms with Gasteiger partial charge in [0.2, 0.25) is 0 Å². The first-order chi connectivity index (χ1) is 9.17. The number of carbonyl (C=O) groups excluding carboxylic acids is 1. The molecule has 2 rings (SSSR count). The molecule has 1 aliphatic rings. The molecule has 1 aromatic heterocycles. The van der Waals surface area contributed by atoms with Gasteiger partial charge in [-0.15, -0.1) is 11.3 Å². The van der Waals surface area contributed by atoms with Crippen molar-refractivity contribution >= 4 is 33.2 Å². The maximum atomic E-state index is 12.3. The molecular weight excluding hydrogens is 326 g/mol. The quantitative estimate of drug-likeness (QED) is 0.848. The van der Waals surface area contributed by atoms with Gasteiger partial charge in [0.05, 0.1) is 12.1 Å². The van der Waals surface area contributed by atoms with E-state index in [4.69, 9.17) is 5.26 Å². The van der Waals surface area contributed by atoms with Crippen molar-refractivity contribution in [1.82, 2.24) is 9.80 Å². The zero-order valence-electron chi connectivity index (χ0n) is 10.8. The highest BCUT2D eigenvalue weighted by molar-refractivity contribution is 9.10. The summed E-state index contributed by atoms with van der Waals surface area (Å²) < 4.78 is 0.869. The Morgan fingerprint density at radius 3 is 2.68 bits per heavy atom. The van der Waals surface area contributed by atoms with E-state index in [1.54, 1.807) is 0 Å². The minimum Gasteiger partial charge on any atom is -0.335 e. The van der Waals surface area contributed by atoms with Crippen molar-refractivity contribution in [2.75, 3.05) is 26.2 Å². The molecule has 6 heteroatoms. The number of thiophene rings is 1. The number of nitrogens with zero attached hydrogens (tertiary/aromatic N) is 3. The zero-order chi connectivity index (χ0) is 13.8. The molecule has 0 saturated carbocycles. The van der Waals surface area contributed by atoms with Crippen LogP contribution >= 0.6 is 27.3 Å². The lowest BCUT2D eigenvalue weighted by Crippen LogP contribution is -2.51. The van der Waals surface area contributed by atoms with Gasteiger partial charge in [0.15, 0.2) is 0 Å². The van der Waals surface area contributed by atoms with Crippen molar-refractivity contribution in [3.8, 4) is 6.07 Å². The SMILES string of the molecule is CCC(C#N)N1CCN(C(=O)c2sccc2Br)CC1. The summed E-state index contributed by atoms with van der Waals surface area (Å²) in [5.41, 5.74) is 0. The molecule has 4 nitrogen and oxygen atoms in total. The Balaban J connectivity index is 1.96. The Hall–Kier alpha value is -0.900. The molecule has 0 radical (unpaired) electrons. The lowest BCUT2D eigenvalue weighted by molar-refractivity contribution is 0.0608. The second-order valence-electron chi connectivity index (χ2n) is 4.48. The Morgan fingerprint density at radius 2 is 2.21 bits per heavy atom. The molecule has 0 bridgehead atoms. The number of hydrogen-bond acceptors (Lipinski definition) is 4. The van der Waals surface area contributed by atoms with Crippen LogP contribution < -0.4 is 0 Å². The van der Waals surface area contributed by atoms with Crippen molar-refractivity contribution < 1.29 is 4.79 Å². The normalized spacial score (nSPS) is 18.1. The standard InChI is InChI=1S/C13H16BrN3OS/c1-2-10(9-15)16-4-6-17(7-5-16)13(18)12-11(14)3-8-19-12/h3,8,10H,2,4-7H2,1H3. The highest BCUT2D eigenvalue weighted by Crippen LogP contribution is 2.24. The maximum Gasteiger partial charge on any atom is 0.265 e. The minimum absolute atomic E-state index is 0.0225. The first-order valence-electron chi connectivity index (χ1n) is 6.33. The first-order valence-corrected chi connectivity index (χ1v) is 8.00. The van der Waals surface area contributed by atoms with E-state index in [9.17, 15) is 4.79 Å². The molecule has 102 valence electrons. The lowest BCUT2D eigenvalue weighted by atomic mass is 10.2. The number of amides is 1. The van der Waals surface area contributed by atoms with Crippen molar-refractivity contribution in [2.45, 2.75) is 19.4 Å². The summed E-state index contributed by atoms with van der Waals surface area (Å²) in [5, 5.41) is 11.0. The molecule has 1 saturated heterocycles. The van der Waals surface area contributed by atoms with Crippen LogP contribution in [0.3, 0.4) is 0 Å². The van der Waals surface area contributed by atoms with Crippen molar-refractivity contribution in [3.05, 3.63) is 20.8 Å². The number of halogens is 1. The van der Waals surface area contributed by atoms with Gasteiger partial charge in [-0.25, -0.2) is 0 Å². The van der Waals surface area contributed by atoms with E-state index in [-0.39, 0.29) is 11.9 Å². The fourth-order valence-corrected chi connectivity index (χ4v) is 3.77. The Kier molecular flexibility index (Phi) is 4.97. The van der Waals surface area contributed by atoms with E-state index in [1.165, 1.54) is 11.3 Å². The minimum atomic E-state index is -0.0225. The summed E-state index contributed by atoms with van der Waals surface area (Å²) >= 11 is 4.86. The molecule has 0 aliphatic carbocycles. The predicted molar refractivity (Wildman–Crippen MR) is 79.2 cm³/mol. The number of hydrogen-bond donors (Lipinski definition) is 0. The van der Waals surface area contributed by atoms with Crippen LogP contribution in [0, 0.1) is 11.3 Å². The zero-order valence-corrected chi connectivity index (χ0v) is 13.2. The summed E-state index contributed by atoms with van der Waals surface area (Å²) in [4.78, 5) is 17.1. The van der Waals surface area contributed by atoms with Gasteiger partial charge in [0.1, 0.15) is 4.88 Å². The van der Waals surface area contributed by atoms with E-state index in [1.807, 2.05) is 23.3 Å². The van der Waals surface area contributed by atoms with Crippen LogP contribution in [0.1, 0.15) is 23.0 Å². The van der Waals surface area contributed by atoms with Crippen LogP contribution in [0.25, 0.3) is 0 Å². The monoisotopic (exact) mass is 341 g/mol. The Morgan fingerprint density at radius 1 is 1.53 bits per heavy atom. The Bertz CT molecular complexity index is 488. The maximum absolute atomic E-state index is 12.3. The number of carbonyl (C=O) groups is 1.